The monoisotopic (exact) mass is 311 g/mol. The van der Waals surface area contributed by atoms with Gasteiger partial charge in [-0.3, -0.25) is 0 Å². The summed E-state index contributed by atoms with van der Waals surface area (Å²) < 4.78 is 31.2. The van der Waals surface area contributed by atoms with E-state index in [-0.39, 0.29) is 10.1 Å². The van der Waals surface area contributed by atoms with Gasteiger partial charge in [-0.1, -0.05) is 26.2 Å². The number of anilines is 1. The van der Waals surface area contributed by atoms with Crippen LogP contribution < -0.4 is 10.5 Å². The Hall–Kier alpha value is -1.23. The molecule has 1 fully saturated rings. The SMILES string of the molecule is CCOc1ccc(N)c(S(=O)(=O)C2CCCC(CC)C2)c1. The second kappa shape index (κ2) is 6.69. The summed E-state index contributed by atoms with van der Waals surface area (Å²) in [6.07, 6.45) is 4.64. The number of ether oxygens (including phenoxy) is 1. The molecule has 0 bridgehead atoms. The van der Waals surface area contributed by atoms with Crippen molar-refractivity contribution in [2.75, 3.05) is 12.3 Å². The fraction of sp³-hybridized carbons (Fsp3) is 0.625. The number of hydrogen-bond donors (Lipinski definition) is 1. The summed E-state index contributed by atoms with van der Waals surface area (Å²) in [5, 5.41) is -0.310. The molecule has 1 aromatic rings. The Morgan fingerprint density at radius 3 is 2.71 bits per heavy atom. The van der Waals surface area contributed by atoms with Gasteiger partial charge < -0.3 is 10.5 Å². The van der Waals surface area contributed by atoms with E-state index in [2.05, 4.69) is 6.92 Å². The Morgan fingerprint density at radius 2 is 2.05 bits per heavy atom. The molecule has 1 aliphatic rings. The summed E-state index contributed by atoms with van der Waals surface area (Å²) >= 11 is 0. The number of hydrogen-bond acceptors (Lipinski definition) is 4. The highest BCUT2D eigenvalue weighted by atomic mass is 32.2. The van der Waals surface area contributed by atoms with Crippen LogP contribution in [0.15, 0.2) is 23.1 Å². The molecule has 1 aliphatic carbocycles. The summed E-state index contributed by atoms with van der Waals surface area (Å²) in [5.74, 6) is 1.07. The van der Waals surface area contributed by atoms with E-state index in [1.807, 2.05) is 6.92 Å². The summed E-state index contributed by atoms with van der Waals surface area (Å²) in [5.41, 5.74) is 6.23. The quantitative estimate of drug-likeness (QED) is 0.846. The maximum atomic E-state index is 12.9. The third-order valence-corrected chi connectivity index (χ3v) is 6.63. The fourth-order valence-electron chi connectivity index (χ4n) is 3.09. The van der Waals surface area contributed by atoms with Crippen LogP contribution in [0.5, 0.6) is 5.75 Å². The highest BCUT2D eigenvalue weighted by Crippen LogP contribution is 2.36. The zero-order chi connectivity index (χ0) is 15.5. The molecule has 2 atom stereocenters. The third-order valence-electron chi connectivity index (χ3n) is 4.35. The lowest BCUT2D eigenvalue weighted by Crippen LogP contribution is -2.28. The van der Waals surface area contributed by atoms with Gasteiger partial charge in [0.25, 0.3) is 0 Å². The van der Waals surface area contributed by atoms with Crippen LogP contribution in [-0.4, -0.2) is 20.3 Å². The van der Waals surface area contributed by atoms with E-state index in [0.717, 1.165) is 32.1 Å². The maximum Gasteiger partial charge on any atom is 0.183 e. The molecular weight excluding hydrogens is 286 g/mol. The van der Waals surface area contributed by atoms with Gasteiger partial charge in [-0.2, -0.15) is 0 Å². The van der Waals surface area contributed by atoms with Crippen molar-refractivity contribution in [2.45, 2.75) is 56.1 Å². The van der Waals surface area contributed by atoms with Crippen molar-refractivity contribution < 1.29 is 13.2 Å². The molecule has 0 aliphatic heterocycles. The highest BCUT2D eigenvalue weighted by Gasteiger charge is 2.33. The molecule has 1 aromatic carbocycles. The molecule has 0 radical (unpaired) electrons. The van der Waals surface area contributed by atoms with Crippen molar-refractivity contribution in [2.24, 2.45) is 5.92 Å². The second-order valence-corrected chi connectivity index (χ2v) is 7.94. The van der Waals surface area contributed by atoms with Crippen molar-refractivity contribution in [1.29, 1.82) is 0 Å². The predicted molar refractivity (Wildman–Crippen MR) is 85.2 cm³/mol. The van der Waals surface area contributed by atoms with E-state index >= 15 is 0 Å². The van der Waals surface area contributed by atoms with E-state index < -0.39 is 9.84 Å². The summed E-state index contributed by atoms with van der Waals surface area (Å²) in [4.78, 5) is 0.232. The van der Waals surface area contributed by atoms with Gasteiger partial charge in [0.15, 0.2) is 9.84 Å². The number of rotatable bonds is 5. The van der Waals surface area contributed by atoms with Crippen LogP contribution in [0.4, 0.5) is 5.69 Å². The summed E-state index contributed by atoms with van der Waals surface area (Å²) in [6.45, 7) is 4.51. The molecule has 2 unspecified atom stereocenters. The maximum absolute atomic E-state index is 12.9. The van der Waals surface area contributed by atoms with Gasteiger partial charge >= 0.3 is 0 Å². The minimum absolute atomic E-state index is 0.232. The van der Waals surface area contributed by atoms with Crippen LogP contribution in [0.25, 0.3) is 0 Å². The molecule has 4 nitrogen and oxygen atoms in total. The molecule has 5 heteroatoms. The van der Waals surface area contributed by atoms with Gasteiger partial charge in [0.2, 0.25) is 0 Å². The Kier molecular flexibility index (Phi) is 5.14. The van der Waals surface area contributed by atoms with Gasteiger partial charge in [0.05, 0.1) is 22.4 Å². The molecule has 0 saturated heterocycles. The van der Waals surface area contributed by atoms with Crippen molar-refractivity contribution >= 4 is 15.5 Å². The molecule has 1 saturated carbocycles. The topological polar surface area (TPSA) is 69.4 Å². The van der Waals surface area contributed by atoms with Gasteiger partial charge in [0, 0.05) is 6.07 Å². The normalized spacial score (nSPS) is 23.0. The van der Waals surface area contributed by atoms with Crippen molar-refractivity contribution in [1.82, 2.24) is 0 Å². The Bertz CT molecular complexity index is 583. The first kappa shape index (κ1) is 16.1. The van der Waals surface area contributed by atoms with E-state index in [1.54, 1.807) is 18.2 Å². The lowest BCUT2D eigenvalue weighted by molar-refractivity contribution is 0.338. The summed E-state index contributed by atoms with van der Waals surface area (Å²) in [7, 11) is -3.38. The molecular formula is C16H25NO3S. The van der Waals surface area contributed by atoms with Gasteiger partial charge in [-0.25, -0.2) is 8.42 Å². The van der Waals surface area contributed by atoms with Gasteiger partial charge in [-0.05, 0) is 37.8 Å². The van der Waals surface area contributed by atoms with Gasteiger partial charge in [-0.15, -0.1) is 0 Å². The second-order valence-electron chi connectivity index (χ2n) is 5.74. The van der Waals surface area contributed by atoms with Crippen molar-refractivity contribution in [3.63, 3.8) is 0 Å². The van der Waals surface area contributed by atoms with E-state index in [1.165, 1.54) is 0 Å². The highest BCUT2D eigenvalue weighted by molar-refractivity contribution is 7.92. The Morgan fingerprint density at radius 1 is 1.29 bits per heavy atom. The smallest absolute Gasteiger partial charge is 0.183 e. The van der Waals surface area contributed by atoms with Crippen LogP contribution in [0.3, 0.4) is 0 Å². The van der Waals surface area contributed by atoms with Crippen LogP contribution >= 0.6 is 0 Å². The zero-order valence-corrected chi connectivity index (χ0v) is 13.7. The van der Waals surface area contributed by atoms with Crippen molar-refractivity contribution in [3.05, 3.63) is 18.2 Å². The average Bonchev–Trinajstić information content (AvgIpc) is 2.49. The number of benzene rings is 1. The van der Waals surface area contributed by atoms with E-state index in [4.69, 9.17) is 10.5 Å². The fourth-order valence-corrected chi connectivity index (χ4v) is 5.13. The molecule has 0 spiro atoms. The lowest BCUT2D eigenvalue weighted by Gasteiger charge is -2.28. The first-order valence-electron chi connectivity index (χ1n) is 7.75. The molecule has 21 heavy (non-hydrogen) atoms. The average molecular weight is 311 g/mol. The van der Waals surface area contributed by atoms with E-state index in [0.29, 0.717) is 24.0 Å². The van der Waals surface area contributed by atoms with Crippen LogP contribution in [0.2, 0.25) is 0 Å². The molecule has 0 aromatic heterocycles. The van der Waals surface area contributed by atoms with E-state index in [9.17, 15) is 8.42 Å². The summed E-state index contributed by atoms with van der Waals surface area (Å²) in [6, 6.07) is 4.91. The molecule has 2 N–H and O–H groups in total. The Labute approximate surface area is 127 Å². The molecule has 118 valence electrons. The molecule has 2 rings (SSSR count). The first-order chi connectivity index (χ1) is 9.98. The Balaban J connectivity index is 2.32. The molecule has 0 amide bonds. The minimum Gasteiger partial charge on any atom is -0.494 e. The lowest BCUT2D eigenvalue weighted by atomic mass is 9.87. The number of nitrogens with two attached hydrogens (primary N) is 1. The largest absolute Gasteiger partial charge is 0.494 e. The number of sulfone groups is 1. The predicted octanol–water partition coefficient (Wildman–Crippen LogP) is 3.41. The van der Waals surface area contributed by atoms with Crippen molar-refractivity contribution in [3.8, 4) is 5.75 Å². The van der Waals surface area contributed by atoms with Crippen LogP contribution in [0, 0.1) is 5.92 Å². The van der Waals surface area contributed by atoms with Crippen LogP contribution in [-0.2, 0) is 9.84 Å². The van der Waals surface area contributed by atoms with Gasteiger partial charge in [0.1, 0.15) is 5.75 Å². The number of nitrogen functional groups attached to an aromatic ring is 1. The molecule has 0 heterocycles. The third kappa shape index (κ3) is 3.51. The first-order valence-corrected chi connectivity index (χ1v) is 9.29. The van der Waals surface area contributed by atoms with Crippen LogP contribution in [0.1, 0.15) is 46.0 Å². The minimum atomic E-state index is -3.38. The standard InChI is InChI=1S/C16H25NO3S/c1-3-12-6-5-7-14(10-12)21(18,19)16-11-13(20-4-2)8-9-15(16)17/h8-9,11-12,14H,3-7,10,17H2,1-2H3. The zero-order valence-electron chi connectivity index (χ0n) is 12.8.